The second kappa shape index (κ2) is 2.53. The van der Waals surface area contributed by atoms with E-state index in [1.807, 2.05) is 0 Å². The van der Waals surface area contributed by atoms with Gasteiger partial charge in [-0.15, -0.1) is 0 Å². The summed E-state index contributed by atoms with van der Waals surface area (Å²) in [7, 11) is 0. The Bertz CT molecular complexity index is 341. The van der Waals surface area contributed by atoms with Gasteiger partial charge in [0.05, 0.1) is 6.61 Å². The van der Waals surface area contributed by atoms with Crippen molar-refractivity contribution in [1.82, 2.24) is 0 Å². The van der Waals surface area contributed by atoms with E-state index < -0.39 is 0 Å². The lowest BCUT2D eigenvalue weighted by molar-refractivity contribution is 0.0444. The zero-order valence-electron chi connectivity index (χ0n) is 10.9. The topological polar surface area (TPSA) is 12.5 Å². The van der Waals surface area contributed by atoms with Crippen LogP contribution in [0.1, 0.15) is 52.9 Å². The maximum atomic E-state index is 6.06. The quantitative estimate of drug-likeness (QED) is 0.568. The molecule has 4 aliphatic rings. The minimum absolute atomic E-state index is 0.346. The predicted octanol–water partition coefficient (Wildman–Crippen LogP) is 3.63. The summed E-state index contributed by atoms with van der Waals surface area (Å²) in [6, 6.07) is 0. The summed E-state index contributed by atoms with van der Waals surface area (Å²) >= 11 is 0. The lowest BCUT2D eigenvalue weighted by Crippen LogP contribution is -2.41. The van der Waals surface area contributed by atoms with Crippen molar-refractivity contribution in [3.05, 3.63) is 0 Å². The lowest BCUT2D eigenvalue weighted by Gasteiger charge is -2.39. The average molecular weight is 220 g/mol. The number of hydrogen-bond donors (Lipinski definition) is 0. The van der Waals surface area contributed by atoms with Gasteiger partial charge < -0.3 is 4.74 Å². The largest absolute Gasteiger partial charge is 0.369 e. The lowest BCUT2D eigenvalue weighted by atomic mass is 9.64. The fourth-order valence-electron chi connectivity index (χ4n) is 6.16. The van der Waals surface area contributed by atoms with Gasteiger partial charge in [-0.3, -0.25) is 0 Å². The van der Waals surface area contributed by atoms with Gasteiger partial charge in [0.15, 0.2) is 0 Å². The predicted molar refractivity (Wildman–Crippen MR) is 64.1 cm³/mol. The monoisotopic (exact) mass is 220 g/mol. The molecule has 0 radical (unpaired) electrons. The molecular formula is C15H24O. The van der Waals surface area contributed by atoms with Crippen molar-refractivity contribution in [3.8, 4) is 0 Å². The van der Waals surface area contributed by atoms with Crippen LogP contribution in [0.3, 0.4) is 0 Å². The first kappa shape index (κ1) is 9.94. The first-order valence-electron chi connectivity index (χ1n) is 7.15. The Morgan fingerprint density at radius 3 is 2.38 bits per heavy atom. The normalized spacial score (nSPS) is 61.3. The van der Waals surface area contributed by atoms with Crippen LogP contribution in [0.15, 0.2) is 0 Å². The zero-order valence-corrected chi connectivity index (χ0v) is 10.9. The molecule has 5 atom stereocenters. The molecule has 1 spiro atoms. The second-order valence-corrected chi connectivity index (χ2v) is 7.75. The van der Waals surface area contributed by atoms with Crippen molar-refractivity contribution < 1.29 is 4.74 Å². The van der Waals surface area contributed by atoms with Gasteiger partial charge in [0.1, 0.15) is 5.60 Å². The van der Waals surface area contributed by atoms with E-state index in [0.717, 1.165) is 24.4 Å². The van der Waals surface area contributed by atoms with Crippen molar-refractivity contribution >= 4 is 0 Å². The van der Waals surface area contributed by atoms with Crippen LogP contribution in [0.2, 0.25) is 0 Å². The molecule has 1 heterocycles. The SMILES string of the molecule is CC1(C)CCC[C@]2(C)[C@@H]3CC[C@@H]([C@@H]31)[C@]21CO1. The molecule has 0 aromatic heterocycles. The summed E-state index contributed by atoms with van der Waals surface area (Å²) in [5.41, 5.74) is 1.45. The van der Waals surface area contributed by atoms with E-state index in [1.165, 1.54) is 32.1 Å². The van der Waals surface area contributed by atoms with E-state index in [2.05, 4.69) is 20.8 Å². The van der Waals surface area contributed by atoms with Gasteiger partial charge in [-0.05, 0) is 48.9 Å². The molecule has 0 unspecified atom stereocenters. The fourth-order valence-corrected chi connectivity index (χ4v) is 6.16. The molecule has 1 aliphatic heterocycles. The Balaban J connectivity index is 1.87. The second-order valence-electron chi connectivity index (χ2n) is 7.75. The van der Waals surface area contributed by atoms with Gasteiger partial charge >= 0.3 is 0 Å². The fraction of sp³-hybridized carbons (Fsp3) is 1.00. The first-order chi connectivity index (χ1) is 7.51. The molecule has 0 N–H and O–H groups in total. The molecule has 4 bridgehead atoms. The summed E-state index contributed by atoms with van der Waals surface area (Å²) in [5.74, 6) is 2.83. The van der Waals surface area contributed by atoms with Crippen molar-refractivity contribution in [1.29, 1.82) is 0 Å². The van der Waals surface area contributed by atoms with Gasteiger partial charge in [-0.25, -0.2) is 0 Å². The highest BCUT2D eigenvalue weighted by Gasteiger charge is 2.77. The molecule has 1 nitrogen and oxygen atoms in total. The third kappa shape index (κ3) is 0.836. The van der Waals surface area contributed by atoms with Crippen molar-refractivity contribution in [2.24, 2.45) is 28.6 Å². The van der Waals surface area contributed by atoms with Gasteiger partial charge in [-0.1, -0.05) is 27.2 Å². The maximum absolute atomic E-state index is 6.06. The van der Waals surface area contributed by atoms with Gasteiger partial charge in [-0.2, -0.15) is 0 Å². The van der Waals surface area contributed by atoms with Crippen molar-refractivity contribution in [2.75, 3.05) is 6.61 Å². The summed E-state index contributed by atoms with van der Waals surface area (Å²) in [5, 5.41) is 0. The minimum atomic E-state index is 0.346. The third-order valence-electron chi connectivity index (χ3n) is 6.91. The minimum Gasteiger partial charge on any atom is -0.369 e. The summed E-state index contributed by atoms with van der Waals surface area (Å²) in [4.78, 5) is 0. The molecule has 1 saturated heterocycles. The van der Waals surface area contributed by atoms with Gasteiger partial charge in [0.2, 0.25) is 0 Å². The van der Waals surface area contributed by atoms with Crippen LogP contribution in [0, 0.1) is 28.6 Å². The van der Waals surface area contributed by atoms with E-state index in [-0.39, 0.29) is 0 Å². The van der Waals surface area contributed by atoms with Crippen LogP contribution < -0.4 is 0 Å². The molecule has 1 heteroatoms. The standard InChI is InChI=1S/C15H24O/c1-13(2)7-4-8-14(3)10-5-6-11(12(10)13)15(14)9-16-15/h10-12H,4-9H2,1-3H3/t10-,11+,12-,14-,15-/m1/s1. The molecule has 16 heavy (non-hydrogen) atoms. The number of hydrogen-bond acceptors (Lipinski definition) is 1. The van der Waals surface area contributed by atoms with Crippen LogP contribution in [0.25, 0.3) is 0 Å². The van der Waals surface area contributed by atoms with E-state index in [9.17, 15) is 0 Å². The van der Waals surface area contributed by atoms with Gasteiger partial charge in [0, 0.05) is 5.41 Å². The molecule has 3 aliphatic carbocycles. The van der Waals surface area contributed by atoms with E-state index in [0.29, 0.717) is 16.4 Å². The van der Waals surface area contributed by atoms with Crippen molar-refractivity contribution in [2.45, 2.75) is 58.5 Å². The molecule has 0 aromatic carbocycles. The third-order valence-corrected chi connectivity index (χ3v) is 6.91. The first-order valence-corrected chi connectivity index (χ1v) is 7.15. The molecule has 3 saturated carbocycles. The van der Waals surface area contributed by atoms with E-state index in [1.54, 1.807) is 0 Å². The molecule has 4 rings (SSSR count). The highest BCUT2D eigenvalue weighted by atomic mass is 16.6. The zero-order chi connectivity index (χ0) is 11.2. The van der Waals surface area contributed by atoms with E-state index >= 15 is 0 Å². The van der Waals surface area contributed by atoms with E-state index in [4.69, 9.17) is 4.74 Å². The summed E-state index contributed by atoms with van der Waals surface area (Å²) < 4.78 is 6.06. The average Bonchev–Trinajstić information content (AvgIpc) is 2.85. The van der Waals surface area contributed by atoms with Gasteiger partial charge in [0.25, 0.3) is 0 Å². The number of epoxide rings is 1. The van der Waals surface area contributed by atoms with Crippen LogP contribution in [0.5, 0.6) is 0 Å². The van der Waals surface area contributed by atoms with Crippen LogP contribution >= 0.6 is 0 Å². The Labute approximate surface area is 98.9 Å². The highest BCUT2D eigenvalue weighted by Crippen LogP contribution is 2.76. The van der Waals surface area contributed by atoms with Crippen LogP contribution in [-0.2, 0) is 4.74 Å². The maximum Gasteiger partial charge on any atom is 0.100 e. The van der Waals surface area contributed by atoms with Crippen molar-refractivity contribution in [3.63, 3.8) is 0 Å². The molecule has 0 aromatic rings. The Morgan fingerprint density at radius 2 is 1.69 bits per heavy atom. The number of ether oxygens (including phenoxy) is 1. The molecule has 4 fully saturated rings. The smallest absolute Gasteiger partial charge is 0.100 e. The molecular weight excluding hydrogens is 196 g/mol. The Morgan fingerprint density at radius 1 is 1.00 bits per heavy atom. The number of fused-ring (bicyclic) bond motifs is 2. The van der Waals surface area contributed by atoms with Crippen LogP contribution in [-0.4, -0.2) is 12.2 Å². The highest BCUT2D eigenvalue weighted by molar-refractivity contribution is 5.25. The van der Waals surface area contributed by atoms with Crippen LogP contribution in [0.4, 0.5) is 0 Å². The summed E-state index contributed by atoms with van der Waals surface area (Å²) in [6.07, 6.45) is 7.23. The molecule has 0 amide bonds. The number of rotatable bonds is 0. The summed E-state index contributed by atoms with van der Waals surface area (Å²) in [6.45, 7) is 8.68. The Hall–Kier alpha value is -0.0400. The molecule has 90 valence electrons. The Kier molecular flexibility index (Phi) is 1.57.